The summed E-state index contributed by atoms with van der Waals surface area (Å²) in [7, 11) is 0. The first-order chi connectivity index (χ1) is 14.4. The zero-order valence-electron chi connectivity index (χ0n) is 18.9. The van der Waals surface area contributed by atoms with Crippen molar-refractivity contribution in [3.05, 3.63) is 41.2 Å². The van der Waals surface area contributed by atoms with E-state index < -0.39 is 0 Å². The Morgan fingerprint density at radius 2 is 1.83 bits per heavy atom. The van der Waals surface area contributed by atoms with Crippen LogP contribution in [0.3, 0.4) is 0 Å². The maximum atomic E-state index is 12.2. The van der Waals surface area contributed by atoms with Crippen LogP contribution in [0.25, 0.3) is 0 Å². The topological polar surface area (TPSA) is 59.8 Å². The van der Waals surface area contributed by atoms with Gasteiger partial charge in [-0.3, -0.25) is 4.79 Å². The molecule has 5 nitrogen and oxygen atoms in total. The van der Waals surface area contributed by atoms with Gasteiger partial charge in [-0.2, -0.15) is 0 Å². The average Bonchev–Trinajstić information content (AvgIpc) is 3.38. The Labute approximate surface area is 185 Å². The Kier molecular flexibility index (Phi) is 7.98. The van der Waals surface area contributed by atoms with Crippen LogP contribution in [-0.4, -0.2) is 33.5 Å². The third-order valence-corrected chi connectivity index (χ3v) is 6.61. The molecule has 0 bridgehead atoms. The number of hydrogen-bond acceptors (Lipinski definition) is 4. The number of nitrogens with one attached hydrogen (secondary N) is 1. The number of amides is 1. The largest absolute Gasteiger partial charge is 0.356 e. The molecule has 164 valence electrons. The van der Waals surface area contributed by atoms with Crippen LogP contribution in [0.4, 0.5) is 0 Å². The second-order valence-electron chi connectivity index (χ2n) is 9.31. The van der Waals surface area contributed by atoms with E-state index in [1.54, 1.807) is 11.8 Å². The first-order valence-corrected chi connectivity index (χ1v) is 12.4. The van der Waals surface area contributed by atoms with E-state index in [1.807, 2.05) is 0 Å². The normalized spacial score (nSPS) is 14.9. The molecule has 1 N–H and O–H groups in total. The van der Waals surface area contributed by atoms with Crippen molar-refractivity contribution in [1.29, 1.82) is 0 Å². The van der Waals surface area contributed by atoms with Gasteiger partial charge in [0.05, 0.1) is 0 Å². The molecule has 1 aliphatic carbocycles. The van der Waals surface area contributed by atoms with Gasteiger partial charge in [-0.05, 0) is 48.5 Å². The molecule has 1 amide bonds. The highest BCUT2D eigenvalue weighted by atomic mass is 32.2. The van der Waals surface area contributed by atoms with Gasteiger partial charge in [-0.25, -0.2) is 0 Å². The monoisotopic (exact) mass is 428 g/mol. The maximum Gasteiger partial charge on any atom is 0.220 e. The first-order valence-electron chi connectivity index (χ1n) is 11.2. The van der Waals surface area contributed by atoms with Gasteiger partial charge in [-0.1, -0.05) is 69.6 Å². The molecule has 1 aromatic heterocycles. The highest BCUT2D eigenvalue weighted by Crippen LogP contribution is 2.33. The minimum Gasteiger partial charge on any atom is -0.356 e. The van der Waals surface area contributed by atoms with Gasteiger partial charge in [0.1, 0.15) is 5.82 Å². The lowest BCUT2D eigenvalue weighted by atomic mass is 9.86. The molecule has 3 rings (SSSR count). The van der Waals surface area contributed by atoms with E-state index in [1.165, 1.54) is 36.8 Å². The number of carbonyl (C=O) groups is 1. The smallest absolute Gasteiger partial charge is 0.220 e. The molecule has 0 aliphatic heterocycles. The van der Waals surface area contributed by atoms with E-state index in [9.17, 15) is 4.79 Å². The van der Waals surface area contributed by atoms with E-state index in [2.05, 4.69) is 71.4 Å². The molecule has 1 heterocycles. The van der Waals surface area contributed by atoms with Crippen LogP contribution in [0.1, 0.15) is 82.3 Å². The fourth-order valence-corrected chi connectivity index (χ4v) is 4.71. The Hall–Kier alpha value is -1.82. The SMILES string of the molecule is CSc1nnc(CCCNC(=O)CCc2ccc(C(C)(C)C)cc2)n1C1CCCC1. The van der Waals surface area contributed by atoms with Gasteiger partial charge in [-0.15, -0.1) is 10.2 Å². The van der Waals surface area contributed by atoms with Gasteiger partial charge in [0.25, 0.3) is 0 Å². The average molecular weight is 429 g/mol. The van der Waals surface area contributed by atoms with Crippen molar-refractivity contribution in [3.8, 4) is 0 Å². The summed E-state index contributed by atoms with van der Waals surface area (Å²) in [5.41, 5.74) is 2.70. The van der Waals surface area contributed by atoms with Crippen molar-refractivity contribution in [2.75, 3.05) is 12.8 Å². The number of rotatable bonds is 9. The Morgan fingerprint density at radius 3 is 2.47 bits per heavy atom. The lowest BCUT2D eigenvalue weighted by molar-refractivity contribution is -0.121. The highest BCUT2D eigenvalue weighted by Gasteiger charge is 2.23. The summed E-state index contributed by atoms with van der Waals surface area (Å²) >= 11 is 1.67. The number of aromatic nitrogens is 3. The van der Waals surface area contributed by atoms with Crippen LogP contribution in [0.2, 0.25) is 0 Å². The zero-order chi connectivity index (χ0) is 21.6. The van der Waals surface area contributed by atoms with E-state index >= 15 is 0 Å². The summed E-state index contributed by atoms with van der Waals surface area (Å²) in [6, 6.07) is 9.20. The molecular weight excluding hydrogens is 392 g/mol. The summed E-state index contributed by atoms with van der Waals surface area (Å²) in [4.78, 5) is 12.2. The van der Waals surface area contributed by atoms with E-state index in [4.69, 9.17) is 0 Å². The van der Waals surface area contributed by atoms with Gasteiger partial charge in [0.15, 0.2) is 5.16 Å². The number of hydrogen-bond donors (Lipinski definition) is 1. The van der Waals surface area contributed by atoms with Crippen molar-refractivity contribution in [1.82, 2.24) is 20.1 Å². The lowest BCUT2D eigenvalue weighted by Crippen LogP contribution is -2.25. The first kappa shape index (κ1) is 22.9. The Morgan fingerprint density at radius 1 is 1.13 bits per heavy atom. The summed E-state index contributed by atoms with van der Waals surface area (Å²) < 4.78 is 2.35. The molecule has 1 saturated carbocycles. The van der Waals surface area contributed by atoms with Gasteiger partial charge >= 0.3 is 0 Å². The second-order valence-corrected chi connectivity index (χ2v) is 10.1. The van der Waals surface area contributed by atoms with Crippen LogP contribution < -0.4 is 5.32 Å². The van der Waals surface area contributed by atoms with Crippen molar-refractivity contribution in [2.45, 2.75) is 88.8 Å². The molecule has 0 saturated heterocycles. The molecule has 1 fully saturated rings. The van der Waals surface area contributed by atoms with E-state index in [0.29, 0.717) is 19.0 Å². The van der Waals surface area contributed by atoms with Crippen molar-refractivity contribution in [2.24, 2.45) is 0 Å². The molecule has 1 aromatic carbocycles. The standard InChI is InChI=1S/C24H36N4OS/c1-24(2,3)19-14-11-18(12-15-19)13-16-22(29)25-17-7-10-21-26-27-23(30-4)28(21)20-8-5-6-9-20/h11-12,14-15,20H,5-10,13,16-17H2,1-4H3,(H,25,29). The molecule has 30 heavy (non-hydrogen) atoms. The van der Waals surface area contributed by atoms with Crippen molar-refractivity contribution < 1.29 is 4.79 Å². The van der Waals surface area contributed by atoms with Gasteiger partial charge in [0.2, 0.25) is 5.91 Å². The molecule has 1 aliphatic rings. The fourth-order valence-electron chi connectivity index (χ4n) is 4.14. The molecular formula is C24H36N4OS. The molecule has 6 heteroatoms. The summed E-state index contributed by atoms with van der Waals surface area (Å²) in [5, 5.41) is 12.9. The van der Waals surface area contributed by atoms with Crippen LogP contribution in [0, 0.1) is 0 Å². The van der Waals surface area contributed by atoms with Crippen LogP contribution in [0.5, 0.6) is 0 Å². The molecule has 0 spiro atoms. The van der Waals surface area contributed by atoms with Crippen LogP contribution >= 0.6 is 11.8 Å². The third-order valence-electron chi connectivity index (χ3n) is 5.97. The minimum atomic E-state index is 0.122. The number of carbonyl (C=O) groups excluding carboxylic acids is 1. The minimum absolute atomic E-state index is 0.122. The maximum absolute atomic E-state index is 12.2. The number of aryl methyl sites for hydroxylation is 2. The quantitative estimate of drug-likeness (QED) is 0.446. The van der Waals surface area contributed by atoms with Crippen molar-refractivity contribution in [3.63, 3.8) is 0 Å². The summed E-state index contributed by atoms with van der Waals surface area (Å²) in [6.07, 6.45) is 10.2. The number of nitrogens with zero attached hydrogens (tertiary/aromatic N) is 3. The Bertz CT molecular complexity index is 817. The predicted molar refractivity (Wildman–Crippen MR) is 124 cm³/mol. The number of thioether (sulfide) groups is 1. The molecule has 2 aromatic rings. The van der Waals surface area contributed by atoms with E-state index in [0.717, 1.165) is 30.2 Å². The van der Waals surface area contributed by atoms with Crippen LogP contribution in [0.15, 0.2) is 29.4 Å². The van der Waals surface area contributed by atoms with Gasteiger partial charge < -0.3 is 9.88 Å². The van der Waals surface area contributed by atoms with Crippen molar-refractivity contribution >= 4 is 17.7 Å². The lowest BCUT2D eigenvalue weighted by Gasteiger charge is -2.19. The highest BCUT2D eigenvalue weighted by molar-refractivity contribution is 7.98. The van der Waals surface area contributed by atoms with Gasteiger partial charge in [0, 0.05) is 25.4 Å². The summed E-state index contributed by atoms with van der Waals surface area (Å²) in [6.45, 7) is 7.34. The number of benzene rings is 1. The predicted octanol–water partition coefficient (Wildman–Crippen LogP) is 5.09. The summed E-state index contributed by atoms with van der Waals surface area (Å²) in [5.74, 6) is 1.19. The zero-order valence-corrected chi connectivity index (χ0v) is 19.7. The fraction of sp³-hybridized carbons (Fsp3) is 0.625. The van der Waals surface area contributed by atoms with E-state index in [-0.39, 0.29) is 11.3 Å². The molecule has 0 radical (unpaired) electrons. The third kappa shape index (κ3) is 6.10. The Balaban J connectivity index is 1.41. The second kappa shape index (κ2) is 10.5. The molecule has 0 atom stereocenters. The van der Waals surface area contributed by atoms with Crippen LogP contribution in [-0.2, 0) is 23.1 Å². The molecule has 0 unspecified atom stereocenters.